The van der Waals surface area contributed by atoms with Crippen molar-refractivity contribution in [2.24, 2.45) is 5.10 Å². The Balaban J connectivity index is 1.42. The molecule has 2 atom stereocenters. The topological polar surface area (TPSA) is 68.8 Å². The summed E-state index contributed by atoms with van der Waals surface area (Å²) in [7, 11) is 0. The van der Waals surface area contributed by atoms with Crippen LogP contribution in [-0.4, -0.2) is 45.5 Å². The predicted octanol–water partition coefficient (Wildman–Crippen LogP) is 4.20. The summed E-state index contributed by atoms with van der Waals surface area (Å²) >= 11 is 0. The van der Waals surface area contributed by atoms with Gasteiger partial charge < -0.3 is 9.88 Å². The first-order chi connectivity index (χ1) is 16.6. The zero-order chi connectivity index (χ0) is 23.2. The minimum Gasteiger partial charge on any atom is -0.356 e. The fraction of sp³-hybridized carbons (Fsp3) is 0.179. The summed E-state index contributed by atoms with van der Waals surface area (Å²) < 4.78 is 0. The van der Waals surface area contributed by atoms with Crippen molar-refractivity contribution in [3.8, 4) is 0 Å². The number of aromatic nitrogens is 1. The van der Waals surface area contributed by atoms with Crippen molar-refractivity contribution >= 4 is 28.9 Å². The number of amides is 2. The maximum atomic E-state index is 13.6. The number of fused-ring (bicyclic) bond motifs is 4. The summed E-state index contributed by atoms with van der Waals surface area (Å²) in [5, 5.41) is 6.83. The summed E-state index contributed by atoms with van der Waals surface area (Å²) in [6.07, 6.45) is 2.11. The number of aryl methyl sites for hydroxylation is 1. The van der Waals surface area contributed by atoms with Crippen molar-refractivity contribution in [2.45, 2.75) is 25.4 Å². The van der Waals surface area contributed by atoms with E-state index in [-0.39, 0.29) is 24.4 Å². The molecule has 4 aromatic rings. The lowest BCUT2D eigenvalue weighted by Gasteiger charge is -2.45. The number of nitrogens with zero attached hydrogens (tertiary/aromatic N) is 3. The maximum absolute atomic E-state index is 13.6. The Morgan fingerprint density at radius 3 is 2.47 bits per heavy atom. The number of H-pyrrole nitrogens is 1. The smallest absolute Gasteiger partial charge is 0.266 e. The van der Waals surface area contributed by atoms with Crippen molar-refractivity contribution in [3.63, 3.8) is 0 Å². The summed E-state index contributed by atoms with van der Waals surface area (Å²) in [5.74, 6) is -0.261. The molecule has 6 rings (SSSR count). The number of para-hydroxylation sites is 1. The summed E-state index contributed by atoms with van der Waals surface area (Å²) in [5.41, 5.74) is 6.12. The lowest BCUT2D eigenvalue weighted by atomic mass is 9.86. The number of benzene rings is 3. The molecule has 6 heteroatoms. The number of piperazine rings is 1. The Morgan fingerprint density at radius 1 is 0.941 bits per heavy atom. The molecule has 1 aromatic heterocycles. The maximum Gasteiger partial charge on any atom is 0.266 e. The molecule has 0 spiro atoms. The van der Waals surface area contributed by atoms with Crippen LogP contribution in [0.1, 0.15) is 34.0 Å². The molecule has 0 saturated carbocycles. The molecule has 1 unspecified atom stereocenters. The van der Waals surface area contributed by atoms with E-state index in [4.69, 9.17) is 0 Å². The highest BCUT2D eigenvalue weighted by molar-refractivity contribution is 5.98. The quantitative estimate of drug-likeness (QED) is 0.478. The van der Waals surface area contributed by atoms with Crippen molar-refractivity contribution in [1.29, 1.82) is 0 Å². The molecule has 1 saturated heterocycles. The van der Waals surface area contributed by atoms with Gasteiger partial charge in [0.1, 0.15) is 12.6 Å². The Bertz CT molecular complexity index is 1420. The second-order valence-electron chi connectivity index (χ2n) is 8.95. The Kier molecular flexibility index (Phi) is 4.80. The molecule has 0 aliphatic carbocycles. The first-order valence-electron chi connectivity index (χ1n) is 11.5. The van der Waals surface area contributed by atoms with Crippen LogP contribution in [-0.2, 0) is 16.0 Å². The highest BCUT2D eigenvalue weighted by Gasteiger charge is 2.48. The highest BCUT2D eigenvalue weighted by Crippen LogP contribution is 2.42. The minimum absolute atomic E-state index is 0.0728. The molecule has 1 N–H and O–H groups in total. The molecule has 1 fully saturated rings. The number of hydrogen-bond acceptors (Lipinski definition) is 3. The molecule has 2 aliphatic rings. The third kappa shape index (κ3) is 3.30. The number of hydrazone groups is 1. The number of aromatic amines is 1. The zero-order valence-corrected chi connectivity index (χ0v) is 18.8. The molecule has 0 radical (unpaired) electrons. The third-order valence-corrected chi connectivity index (χ3v) is 6.78. The van der Waals surface area contributed by atoms with Gasteiger partial charge in [0.2, 0.25) is 5.91 Å². The molecular formula is C28H24N4O2. The number of hydrogen-bond donors (Lipinski definition) is 1. The number of carbonyl (C=O) groups is 2. The average molecular weight is 449 g/mol. The number of carbonyl (C=O) groups excluding carboxylic acids is 2. The third-order valence-electron chi connectivity index (χ3n) is 6.78. The van der Waals surface area contributed by atoms with Gasteiger partial charge in [-0.15, -0.1) is 0 Å². The monoisotopic (exact) mass is 448 g/mol. The van der Waals surface area contributed by atoms with Crippen LogP contribution in [0, 0.1) is 6.92 Å². The van der Waals surface area contributed by atoms with Crippen LogP contribution in [0.3, 0.4) is 0 Å². The largest absolute Gasteiger partial charge is 0.356 e. The van der Waals surface area contributed by atoms with Gasteiger partial charge in [-0.3, -0.25) is 9.59 Å². The molecule has 168 valence electrons. The first kappa shape index (κ1) is 20.4. The molecule has 3 aromatic carbocycles. The molecule has 3 heterocycles. The van der Waals surface area contributed by atoms with Gasteiger partial charge in [0, 0.05) is 23.0 Å². The fourth-order valence-electron chi connectivity index (χ4n) is 5.12. The van der Waals surface area contributed by atoms with Gasteiger partial charge in [-0.2, -0.15) is 5.10 Å². The molecule has 34 heavy (non-hydrogen) atoms. The van der Waals surface area contributed by atoms with Crippen molar-refractivity contribution in [1.82, 2.24) is 14.9 Å². The van der Waals surface area contributed by atoms with Gasteiger partial charge in [0.05, 0.1) is 12.3 Å². The van der Waals surface area contributed by atoms with Crippen LogP contribution < -0.4 is 0 Å². The van der Waals surface area contributed by atoms with Crippen LogP contribution >= 0.6 is 0 Å². The van der Waals surface area contributed by atoms with E-state index >= 15 is 0 Å². The predicted molar refractivity (Wildman–Crippen MR) is 131 cm³/mol. The van der Waals surface area contributed by atoms with E-state index < -0.39 is 6.04 Å². The number of rotatable bonds is 3. The van der Waals surface area contributed by atoms with Crippen molar-refractivity contribution < 1.29 is 9.59 Å². The van der Waals surface area contributed by atoms with Gasteiger partial charge in [-0.25, -0.2) is 5.01 Å². The van der Waals surface area contributed by atoms with E-state index in [1.807, 2.05) is 79.7 Å². The van der Waals surface area contributed by atoms with Gasteiger partial charge in [0.25, 0.3) is 5.91 Å². The molecule has 2 amide bonds. The van der Waals surface area contributed by atoms with Gasteiger partial charge in [-0.05, 0) is 29.7 Å². The summed E-state index contributed by atoms with van der Waals surface area (Å²) in [6, 6.07) is 25.0. The summed E-state index contributed by atoms with van der Waals surface area (Å²) in [4.78, 5) is 32.4. The lowest BCUT2D eigenvalue weighted by Crippen LogP contribution is -2.61. The fourth-order valence-corrected chi connectivity index (χ4v) is 5.12. The van der Waals surface area contributed by atoms with Crippen LogP contribution in [0.5, 0.6) is 0 Å². The Hall–Kier alpha value is -4.19. The highest BCUT2D eigenvalue weighted by atomic mass is 16.2. The van der Waals surface area contributed by atoms with E-state index in [1.54, 1.807) is 11.1 Å². The molecule has 2 aliphatic heterocycles. The van der Waals surface area contributed by atoms with Crippen LogP contribution in [0.15, 0.2) is 84.0 Å². The van der Waals surface area contributed by atoms with E-state index in [9.17, 15) is 9.59 Å². The normalized spacial score (nSPS) is 20.1. The molecule has 0 bridgehead atoms. The van der Waals surface area contributed by atoms with E-state index in [0.29, 0.717) is 6.42 Å². The average Bonchev–Trinajstić information content (AvgIpc) is 3.24. The van der Waals surface area contributed by atoms with Crippen LogP contribution in [0.2, 0.25) is 0 Å². The van der Waals surface area contributed by atoms with Gasteiger partial charge in [0.15, 0.2) is 0 Å². The Morgan fingerprint density at radius 2 is 1.68 bits per heavy atom. The van der Waals surface area contributed by atoms with Crippen molar-refractivity contribution in [3.05, 3.63) is 107 Å². The second-order valence-corrected chi connectivity index (χ2v) is 8.95. The zero-order valence-electron chi connectivity index (χ0n) is 18.8. The van der Waals surface area contributed by atoms with Crippen molar-refractivity contribution in [2.75, 3.05) is 6.54 Å². The van der Waals surface area contributed by atoms with E-state index in [2.05, 4.69) is 16.2 Å². The summed E-state index contributed by atoms with van der Waals surface area (Å²) in [6.45, 7) is 1.95. The second kappa shape index (κ2) is 7.99. The minimum atomic E-state index is -0.603. The van der Waals surface area contributed by atoms with Gasteiger partial charge >= 0.3 is 0 Å². The number of nitrogens with one attached hydrogen (secondary N) is 1. The van der Waals surface area contributed by atoms with E-state index in [0.717, 1.165) is 38.9 Å². The molecule has 6 nitrogen and oxygen atoms in total. The van der Waals surface area contributed by atoms with Crippen LogP contribution in [0.4, 0.5) is 0 Å². The van der Waals surface area contributed by atoms with Crippen LogP contribution in [0.25, 0.3) is 10.9 Å². The lowest BCUT2D eigenvalue weighted by molar-refractivity contribution is -0.158. The molecular weight excluding hydrogens is 424 g/mol. The SMILES string of the molecule is Cc1ccc(C=NN2CC(=O)N3C(c4ccccc4)c4[nH]c5ccccc5c4C[C@H]3C2=O)cc1. The van der Waals surface area contributed by atoms with E-state index in [1.165, 1.54) is 5.01 Å². The first-order valence-corrected chi connectivity index (χ1v) is 11.5. The standard InChI is InChI=1S/C28H24N4O2/c1-18-11-13-19(14-12-18)16-29-31-17-25(33)32-24(28(31)34)15-22-21-9-5-6-10-23(21)30-26(22)27(32)20-7-3-2-4-8-20/h2-14,16,24,27,30H,15,17H2,1H3/t24-,27?/m0/s1. The Labute approximate surface area is 197 Å². The van der Waals surface area contributed by atoms with Gasteiger partial charge in [-0.1, -0.05) is 78.4 Å².